The molecule has 4 unspecified atom stereocenters. The monoisotopic (exact) mass is 319 g/mol. The molecule has 2 fully saturated rings. The Labute approximate surface area is 132 Å². The largest absolute Gasteiger partial charge is 0.394 e. The number of nitrogens with zero attached hydrogens (tertiary/aromatic N) is 1. The van der Waals surface area contributed by atoms with Crippen LogP contribution in [-0.2, 0) is 14.2 Å². The van der Waals surface area contributed by atoms with E-state index in [9.17, 15) is 14.7 Å². The van der Waals surface area contributed by atoms with E-state index in [1.54, 1.807) is 38.1 Å². The third kappa shape index (κ3) is 2.05. The highest BCUT2D eigenvalue weighted by molar-refractivity contribution is 6.21. The maximum absolute atomic E-state index is 12.7. The molecule has 2 amide bonds. The van der Waals surface area contributed by atoms with Crippen LogP contribution in [0.5, 0.6) is 0 Å². The van der Waals surface area contributed by atoms with E-state index < -0.39 is 42.1 Å². The molecule has 0 radical (unpaired) electrons. The number of rotatable bonds is 2. The second kappa shape index (κ2) is 4.85. The molecule has 0 saturated carbocycles. The number of aliphatic hydroxyl groups excluding tert-OH is 1. The number of carbonyl (C=O) groups excluding carboxylic acids is 2. The van der Waals surface area contributed by atoms with Crippen molar-refractivity contribution in [3.8, 4) is 0 Å². The summed E-state index contributed by atoms with van der Waals surface area (Å²) in [5.41, 5.74) is 0.714. The highest BCUT2D eigenvalue weighted by Gasteiger charge is 2.59. The average Bonchev–Trinajstić information content (AvgIpc) is 3.07. The number of aliphatic hydroxyl groups is 1. The molecule has 7 nitrogen and oxygen atoms in total. The Morgan fingerprint density at radius 3 is 2.30 bits per heavy atom. The Kier molecular flexibility index (Phi) is 3.11. The highest BCUT2D eigenvalue weighted by atomic mass is 16.8. The molecule has 122 valence electrons. The summed E-state index contributed by atoms with van der Waals surface area (Å²) >= 11 is 0. The van der Waals surface area contributed by atoms with Crippen molar-refractivity contribution in [1.82, 2.24) is 4.90 Å². The maximum atomic E-state index is 12.7. The topological polar surface area (TPSA) is 85.3 Å². The van der Waals surface area contributed by atoms with Gasteiger partial charge in [-0.1, -0.05) is 12.1 Å². The number of imide groups is 1. The van der Waals surface area contributed by atoms with Gasteiger partial charge in [-0.25, -0.2) is 0 Å². The Bertz CT molecular complexity index is 652. The zero-order valence-electron chi connectivity index (χ0n) is 12.8. The minimum absolute atomic E-state index is 0.335. The van der Waals surface area contributed by atoms with Crippen molar-refractivity contribution in [3.05, 3.63) is 35.4 Å². The molecule has 1 N–H and O–H groups in total. The molecule has 23 heavy (non-hydrogen) atoms. The smallest absolute Gasteiger partial charge is 0.261 e. The average molecular weight is 319 g/mol. The lowest BCUT2D eigenvalue weighted by Crippen LogP contribution is -2.52. The van der Waals surface area contributed by atoms with E-state index in [0.717, 1.165) is 4.90 Å². The summed E-state index contributed by atoms with van der Waals surface area (Å²) in [4.78, 5) is 26.5. The maximum Gasteiger partial charge on any atom is 0.261 e. The van der Waals surface area contributed by atoms with Crippen LogP contribution in [0.15, 0.2) is 24.3 Å². The van der Waals surface area contributed by atoms with Gasteiger partial charge in [0, 0.05) is 0 Å². The van der Waals surface area contributed by atoms with Gasteiger partial charge in [0.25, 0.3) is 11.8 Å². The van der Waals surface area contributed by atoms with Crippen LogP contribution in [0.3, 0.4) is 0 Å². The molecule has 4 atom stereocenters. The number of carbonyl (C=O) groups is 2. The Hall–Kier alpha value is -1.80. The van der Waals surface area contributed by atoms with Gasteiger partial charge in [-0.2, -0.15) is 0 Å². The van der Waals surface area contributed by atoms with Crippen LogP contribution in [0.4, 0.5) is 0 Å². The quantitative estimate of drug-likeness (QED) is 0.800. The minimum Gasteiger partial charge on any atom is -0.394 e. The first-order chi connectivity index (χ1) is 10.9. The summed E-state index contributed by atoms with van der Waals surface area (Å²) in [5, 5.41) is 9.59. The van der Waals surface area contributed by atoms with Crippen LogP contribution < -0.4 is 0 Å². The number of amides is 2. The first kappa shape index (κ1) is 14.8. The van der Waals surface area contributed by atoms with Crippen molar-refractivity contribution in [2.24, 2.45) is 0 Å². The third-order valence-corrected chi connectivity index (χ3v) is 4.42. The van der Waals surface area contributed by atoms with E-state index in [2.05, 4.69) is 0 Å². The molecule has 1 aromatic carbocycles. The van der Waals surface area contributed by atoms with Crippen molar-refractivity contribution in [2.75, 3.05) is 6.61 Å². The minimum atomic E-state index is -0.868. The fraction of sp³-hybridized carbons (Fsp3) is 0.500. The molecular formula is C16H17NO6. The summed E-state index contributed by atoms with van der Waals surface area (Å²) < 4.78 is 17.1. The van der Waals surface area contributed by atoms with Crippen molar-refractivity contribution >= 4 is 11.8 Å². The summed E-state index contributed by atoms with van der Waals surface area (Å²) in [6.45, 7) is 3.14. The summed E-state index contributed by atoms with van der Waals surface area (Å²) in [6.07, 6.45) is -2.07. The van der Waals surface area contributed by atoms with E-state index >= 15 is 0 Å². The summed E-state index contributed by atoms with van der Waals surface area (Å²) in [6, 6.07) is 5.94. The molecule has 3 aliphatic heterocycles. The number of ether oxygens (including phenoxy) is 3. The van der Waals surface area contributed by atoms with Crippen molar-refractivity contribution < 1.29 is 28.9 Å². The van der Waals surface area contributed by atoms with Gasteiger partial charge in [0.15, 0.2) is 12.1 Å². The third-order valence-electron chi connectivity index (χ3n) is 4.42. The molecule has 7 heteroatoms. The highest BCUT2D eigenvalue weighted by Crippen LogP contribution is 2.41. The second-order valence-corrected chi connectivity index (χ2v) is 6.34. The van der Waals surface area contributed by atoms with Crippen LogP contribution >= 0.6 is 0 Å². The SMILES string of the molecule is CC1(C)OC2OC(CO)C(N3C(=O)c4ccccc4C3=O)C2O1. The molecule has 0 spiro atoms. The molecule has 2 saturated heterocycles. The standard InChI is InChI=1S/C16H17NO6/c1-16(2)22-12-11(10(7-18)21-15(12)23-16)17-13(19)8-5-3-4-6-9(8)14(17)20/h3-6,10-12,15,18H,7H2,1-2H3. The van der Waals surface area contributed by atoms with Gasteiger partial charge in [0.1, 0.15) is 18.2 Å². The Morgan fingerprint density at radius 2 is 1.74 bits per heavy atom. The lowest BCUT2D eigenvalue weighted by atomic mass is 10.1. The van der Waals surface area contributed by atoms with E-state index in [1.165, 1.54) is 0 Å². The summed E-state index contributed by atoms with van der Waals surface area (Å²) in [7, 11) is 0. The lowest BCUT2D eigenvalue weighted by Gasteiger charge is -2.30. The molecule has 4 rings (SSSR count). The van der Waals surface area contributed by atoms with Crippen molar-refractivity contribution in [2.45, 2.75) is 44.2 Å². The van der Waals surface area contributed by atoms with Gasteiger partial charge in [0.2, 0.25) is 0 Å². The van der Waals surface area contributed by atoms with Gasteiger partial charge in [-0.15, -0.1) is 0 Å². The fourth-order valence-electron chi connectivity index (χ4n) is 3.50. The second-order valence-electron chi connectivity index (χ2n) is 6.34. The summed E-state index contributed by atoms with van der Waals surface area (Å²) in [5.74, 6) is -1.66. The van der Waals surface area contributed by atoms with E-state index in [0.29, 0.717) is 11.1 Å². The first-order valence-corrected chi connectivity index (χ1v) is 7.52. The van der Waals surface area contributed by atoms with Crippen molar-refractivity contribution in [1.29, 1.82) is 0 Å². The van der Waals surface area contributed by atoms with E-state index in [4.69, 9.17) is 14.2 Å². The molecule has 3 aliphatic rings. The van der Waals surface area contributed by atoms with Crippen LogP contribution in [0, 0.1) is 0 Å². The Balaban J connectivity index is 1.72. The zero-order valence-corrected chi connectivity index (χ0v) is 12.8. The van der Waals surface area contributed by atoms with E-state index in [1.807, 2.05) is 0 Å². The number of hydrogen-bond donors (Lipinski definition) is 1. The van der Waals surface area contributed by atoms with Gasteiger partial charge in [0.05, 0.1) is 17.7 Å². The molecular weight excluding hydrogens is 302 g/mol. The van der Waals surface area contributed by atoms with Crippen LogP contribution in [0.25, 0.3) is 0 Å². The van der Waals surface area contributed by atoms with Crippen molar-refractivity contribution in [3.63, 3.8) is 0 Å². The molecule has 3 heterocycles. The van der Waals surface area contributed by atoms with Crippen LogP contribution in [0.2, 0.25) is 0 Å². The van der Waals surface area contributed by atoms with E-state index in [-0.39, 0.29) is 6.61 Å². The van der Waals surface area contributed by atoms with Gasteiger partial charge < -0.3 is 19.3 Å². The normalized spacial score (nSPS) is 34.8. The van der Waals surface area contributed by atoms with Gasteiger partial charge >= 0.3 is 0 Å². The fourth-order valence-corrected chi connectivity index (χ4v) is 3.50. The number of hydrogen-bond acceptors (Lipinski definition) is 6. The Morgan fingerprint density at radius 1 is 1.13 bits per heavy atom. The molecule has 0 aliphatic carbocycles. The molecule has 0 bridgehead atoms. The first-order valence-electron chi connectivity index (χ1n) is 7.52. The lowest BCUT2D eigenvalue weighted by molar-refractivity contribution is -0.212. The number of fused-ring (bicyclic) bond motifs is 2. The zero-order chi connectivity index (χ0) is 16.4. The van der Waals surface area contributed by atoms with Crippen LogP contribution in [0.1, 0.15) is 34.6 Å². The van der Waals surface area contributed by atoms with Gasteiger partial charge in [-0.05, 0) is 26.0 Å². The molecule has 1 aromatic rings. The number of benzene rings is 1. The molecule has 0 aromatic heterocycles. The predicted molar refractivity (Wildman–Crippen MR) is 76.5 cm³/mol. The van der Waals surface area contributed by atoms with Gasteiger partial charge in [-0.3, -0.25) is 14.5 Å². The predicted octanol–water partition coefficient (Wildman–Crippen LogP) is 0.520. The van der Waals surface area contributed by atoms with Crippen LogP contribution in [-0.4, -0.2) is 58.8 Å².